The molecule has 0 unspecified atom stereocenters. The van der Waals surface area contributed by atoms with E-state index in [1.165, 1.54) is 18.2 Å². The number of halogens is 3. The third-order valence-electron chi connectivity index (χ3n) is 11.1. The number of carbonyl (C=O) groups is 1. The van der Waals surface area contributed by atoms with E-state index < -0.39 is 60.1 Å². The standard InChI is InChI=1S/C38H46F3N5O4SSi/c1-35(2,3)51(48)45-38(19-37(7,20-38)50-52(8,9)36(4,5)6)31-24(39)15-22(18-42-31)21-13-14-25-27(16-21)46-28-17-26(32(46)43-25)44-33(47)23-11-10-12-29(30(23)28)49-34(40)41/h10-16,18,26,28,34,45H,17,19-20H2,1-9H3,(H,44,47)/t26-,28-,37-,38+,51+/m1/s1. The van der Waals surface area contributed by atoms with Crippen LogP contribution in [0.1, 0.15) is 107 Å². The lowest BCUT2D eigenvalue weighted by Crippen LogP contribution is -2.67. The van der Waals surface area contributed by atoms with Crippen LogP contribution < -0.4 is 14.8 Å². The van der Waals surface area contributed by atoms with Gasteiger partial charge in [0.2, 0.25) is 0 Å². The molecule has 4 aromatic rings. The van der Waals surface area contributed by atoms with Crippen molar-refractivity contribution < 1.29 is 31.7 Å². The summed E-state index contributed by atoms with van der Waals surface area (Å²) >= 11 is -1.50. The average molecular weight is 754 g/mol. The SMILES string of the molecule is CC(C)(C)[S@+]([O-])N[C@]1(c2ncc(-c3ccc4nc5n(c4c3)[C@@H]3C[C@H]5NC(=O)c4cccc(OC(F)F)c43)cc2F)C[C@](C)(O[Si](C)(C)C(C)(C)C)C1. The molecule has 0 radical (unpaired) electrons. The number of hydrogen-bond acceptors (Lipinski definition) is 7. The lowest BCUT2D eigenvalue weighted by Gasteiger charge is -2.57. The summed E-state index contributed by atoms with van der Waals surface area (Å²) < 4.78 is 73.3. The van der Waals surface area contributed by atoms with Gasteiger partial charge in [-0.25, -0.2) is 9.37 Å². The maximum atomic E-state index is 16.5. The van der Waals surface area contributed by atoms with Crippen LogP contribution in [-0.4, -0.2) is 50.3 Å². The Labute approximate surface area is 306 Å². The Morgan fingerprint density at radius 3 is 2.44 bits per heavy atom. The molecule has 0 spiro atoms. The predicted molar refractivity (Wildman–Crippen MR) is 198 cm³/mol. The Bertz CT molecular complexity index is 2070. The summed E-state index contributed by atoms with van der Waals surface area (Å²) in [5, 5.41) is 2.98. The molecule has 4 heterocycles. The van der Waals surface area contributed by atoms with Gasteiger partial charge >= 0.3 is 6.61 Å². The largest absolute Gasteiger partial charge is 0.598 e. The number of carbonyl (C=O) groups excluding carboxylic acids is 1. The Morgan fingerprint density at radius 1 is 1.10 bits per heavy atom. The van der Waals surface area contributed by atoms with E-state index in [1.54, 1.807) is 12.3 Å². The molecule has 3 aliphatic rings. The average Bonchev–Trinajstić information content (AvgIpc) is 3.50. The van der Waals surface area contributed by atoms with Crippen LogP contribution in [0.3, 0.4) is 0 Å². The van der Waals surface area contributed by atoms with Crippen LogP contribution in [0.5, 0.6) is 5.75 Å². The minimum Gasteiger partial charge on any atom is -0.598 e. The molecule has 14 heteroatoms. The minimum atomic E-state index is -3.06. The van der Waals surface area contributed by atoms with Gasteiger partial charge in [0.05, 0.1) is 28.7 Å². The molecule has 3 atom stereocenters. The predicted octanol–water partition coefficient (Wildman–Crippen LogP) is 8.44. The van der Waals surface area contributed by atoms with Gasteiger partial charge in [0.15, 0.2) is 8.32 Å². The fraction of sp³-hybridized carbons (Fsp3) is 0.500. The van der Waals surface area contributed by atoms with Gasteiger partial charge in [-0.3, -0.25) is 9.78 Å². The fourth-order valence-electron chi connectivity index (χ4n) is 7.82. The maximum absolute atomic E-state index is 16.5. The summed E-state index contributed by atoms with van der Waals surface area (Å²) in [5.74, 6) is -0.352. The number of nitrogens with one attached hydrogen (secondary N) is 2. The van der Waals surface area contributed by atoms with Crippen LogP contribution in [0, 0.1) is 5.82 Å². The zero-order valence-electron chi connectivity index (χ0n) is 31.0. The van der Waals surface area contributed by atoms with Gasteiger partial charge in [0, 0.05) is 47.1 Å². The van der Waals surface area contributed by atoms with E-state index in [0.717, 1.165) is 0 Å². The first-order chi connectivity index (χ1) is 24.1. The summed E-state index contributed by atoms with van der Waals surface area (Å²) in [7, 11) is -2.17. The molecule has 2 aromatic carbocycles. The second-order valence-corrected chi connectivity index (χ2v) is 23.9. The van der Waals surface area contributed by atoms with E-state index in [9.17, 15) is 18.1 Å². The molecule has 9 nitrogen and oxygen atoms in total. The van der Waals surface area contributed by atoms with Gasteiger partial charge in [-0.1, -0.05) is 32.9 Å². The van der Waals surface area contributed by atoms with Crippen LogP contribution in [0.4, 0.5) is 13.2 Å². The van der Waals surface area contributed by atoms with E-state index in [4.69, 9.17) is 19.1 Å². The van der Waals surface area contributed by atoms with Crippen LogP contribution in [-0.2, 0) is 21.3 Å². The molecular weight excluding hydrogens is 708 g/mol. The number of fused-ring (bicyclic) bond motifs is 9. The molecule has 2 aliphatic heterocycles. The molecule has 1 amide bonds. The van der Waals surface area contributed by atoms with Crippen molar-refractivity contribution in [2.75, 3.05) is 0 Å². The number of ether oxygens (including phenoxy) is 1. The van der Waals surface area contributed by atoms with Crippen LogP contribution in [0.2, 0.25) is 18.1 Å². The maximum Gasteiger partial charge on any atom is 0.387 e. The Balaban J connectivity index is 1.25. The van der Waals surface area contributed by atoms with Gasteiger partial charge in [-0.2, -0.15) is 8.78 Å². The molecule has 1 fully saturated rings. The Morgan fingerprint density at radius 2 is 1.81 bits per heavy atom. The van der Waals surface area contributed by atoms with Crippen LogP contribution >= 0.6 is 0 Å². The van der Waals surface area contributed by atoms with E-state index in [1.807, 2.05) is 50.5 Å². The van der Waals surface area contributed by atoms with Gasteiger partial charge in [-0.05, 0) is 88.1 Å². The van der Waals surface area contributed by atoms with Crippen molar-refractivity contribution in [3.8, 4) is 16.9 Å². The lowest BCUT2D eigenvalue weighted by molar-refractivity contribution is -0.0720. The summed E-state index contributed by atoms with van der Waals surface area (Å²) in [4.78, 5) is 22.7. The van der Waals surface area contributed by atoms with Crippen molar-refractivity contribution in [2.45, 2.75) is 120 Å². The van der Waals surface area contributed by atoms with Crippen molar-refractivity contribution in [1.29, 1.82) is 0 Å². The highest BCUT2D eigenvalue weighted by molar-refractivity contribution is 7.90. The number of amides is 1. The van der Waals surface area contributed by atoms with E-state index in [0.29, 0.717) is 52.8 Å². The normalized spacial score (nSPS) is 25.0. The highest BCUT2D eigenvalue weighted by Gasteiger charge is 2.61. The number of rotatable bonds is 8. The fourth-order valence-corrected chi connectivity index (χ4v) is 10.4. The first-order valence-corrected chi connectivity index (χ1v) is 21.6. The Kier molecular flexibility index (Phi) is 8.73. The number of hydrogen-bond donors (Lipinski definition) is 2. The molecule has 1 saturated carbocycles. The second-order valence-electron chi connectivity index (χ2n) is 17.2. The van der Waals surface area contributed by atoms with Gasteiger partial charge < -0.3 is 23.6 Å². The molecule has 2 bridgehead atoms. The zero-order valence-corrected chi connectivity index (χ0v) is 32.8. The molecule has 1 aliphatic carbocycles. The lowest BCUT2D eigenvalue weighted by atomic mass is 9.64. The number of benzene rings is 2. The van der Waals surface area contributed by atoms with Crippen molar-refractivity contribution >= 4 is 36.6 Å². The number of aromatic nitrogens is 3. The minimum absolute atomic E-state index is 0.0189. The molecule has 52 heavy (non-hydrogen) atoms. The van der Waals surface area contributed by atoms with Gasteiger partial charge in [0.1, 0.15) is 33.4 Å². The smallest absolute Gasteiger partial charge is 0.387 e. The summed E-state index contributed by atoms with van der Waals surface area (Å²) in [6, 6.07) is 10.6. The Hall–Kier alpha value is -3.43. The molecule has 2 N–H and O–H groups in total. The molecule has 7 rings (SSSR count). The molecule has 0 saturated heterocycles. The highest BCUT2D eigenvalue weighted by atomic mass is 32.2. The monoisotopic (exact) mass is 753 g/mol. The first kappa shape index (κ1) is 36.9. The van der Waals surface area contributed by atoms with Gasteiger partial charge in [0.25, 0.3) is 5.91 Å². The zero-order chi connectivity index (χ0) is 37.8. The highest BCUT2D eigenvalue weighted by Crippen LogP contribution is 2.55. The van der Waals surface area contributed by atoms with E-state index >= 15 is 4.39 Å². The van der Waals surface area contributed by atoms with Crippen molar-refractivity contribution in [1.82, 2.24) is 24.6 Å². The summed E-state index contributed by atoms with van der Waals surface area (Å²) in [5.41, 5.74) is 1.84. The van der Waals surface area contributed by atoms with Crippen molar-refractivity contribution in [3.63, 3.8) is 0 Å². The van der Waals surface area contributed by atoms with Crippen molar-refractivity contribution in [3.05, 3.63) is 77.1 Å². The van der Waals surface area contributed by atoms with Crippen LogP contribution in [0.25, 0.3) is 22.2 Å². The summed E-state index contributed by atoms with van der Waals surface area (Å²) in [6.45, 7) is 15.5. The van der Waals surface area contributed by atoms with E-state index in [-0.39, 0.29) is 28.0 Å². The molecule has 278 valence electrons. The van der Waals surface area contributed by atoms with Gasteiger partial charge in [-0.15, -0.1) is 4.72 Å². The molecule has 2 aromatic heterocycles. The third-order valence-corrected chi connectivity index (χ3v) is 17.4. The number of nitrogens with zero attached hydrogens (tertiary/aromatic N) is 3. The third kappa shape index (κ3) is 6.23. The van der Waals surface area contributed by atoms with Crippen LogP contribution in [0.15, 0.2) is 48.7 Å². The quantitative estimate of drug-likeness (QED) is 0.137. The second kappa shape index (κ2) is 12.3. The first-order valence-electron chi connectivity index (χ1n) is 17.6. The topological polar surface area (TPSA) is 113 Å². The number of imidazole rings is 1. The number of alkyl halides is 2. The number of pyridine rings is 1. The van der Waals surface area contributed by atoms with E-state index in [2.05, 4.69) is 43.9 Å². The molecular formula is C38H46F3N5O4SSi. The van der Waals surface area contributed by atoms with Crippen molar-refractivity contribution in [2.24, 2.45) is 0 Å². The summed E-state index contributed by atoms with van der Waals surface area (Å²) in [6.07, 6.45) is 2.85.